The summed E-state index contributed by atoms with van der Waals surface area (Å²) in [5.41, 5.74) is 13.3. The Morgan fingerprint density at radius 3 is 2.60 bits per heavy atom. The number of piperidine rings is 1. The van der Waals surface area contributed by atoms with Crippen LogP contribution in [0.5, 0.6) is 5.75 Å². The van der Waals surface area contributed by atoms with Gasteiger partial charge in [-0.15, -0.1) is 0 Å². The average molecular weight is 409 g/mol. The predicted octanol–water partition coefficient (Wildman–Crippen LogP) is 2.37. The monoisotopic (exact) mass is 409 g/mol. The van der Waals surface area contributed by atoms with Crippen LogP contribution in [0.4, 0.5) is 5.82 Å². The molecule has 0 spiro atoms. The highest BCUT2D eigenvalue weighted by Gasteiger charge is 2.29. The van der Waals surface area contributed by atoms with Crippen LogP contribution in [0, 0.1) is 5.92 Å². The molecule has 158 valence electrons. The standard InChI is InChI=1S/C22H27N5O3/c1-2-18(28)26-11-3-4-16(12-26)27-21(23)19(22(24)29)20(25-27)15-7-9-17(10-8-15)30-13-14-5-6-14/h2,7-10,14,16H,1,3-6,11-13,23H2,(H2,24,29)/t16-/m1/s1. The fourth-order valence-electron chi connectivity index (χ4n) is 3.86. The first-order chi connectivity index (χ1) is 14.5. The van der Waals surface area contributed by atoms with Gasteiger partial charge in [0.25, 0.3) is 5.91 Å². The number of benzene rings is 1. The van der Waals surface area contributed by atoms with Gasteiger partial charge < -0.3 is 21.1 Å². The highest BCUT2D eigenvalue weighted by atomic mass is 16.5. The Morgan fingerprint density at radius 2 is 1.97 bits per heavy atom. The molecule has 2 amide bonds. The van der Waals surface area contributed by atoms with Gasteiger partial charge in [0.2, 0.25) is 5.91 Å². The summed E-state index contributed by atoms with van der Waals surface area (Å²) in [6, 6.07) is 7.31. The average Bonchev–Trinajstić information content (AvgIpc) is 3.52. The summed E-state index contributed by atoms with van der Waals surface area (Å²) in [6.07, 6.45) is 5.39. The maximum atomic E-state index is 12.2. The second-order valence-electron chi connectivity index (χ2n) is 7.98. The molecule has 1 saturated heterocycles. The van der Waals surface area contributed by atoms with Crippen LogP contribution < -0.4 is 16.2 Å². The Balaban J connectivity index is 1.61. The smallest absolute Gasteiger partial charge is 0.254 e. The molecule has 4 N–H and O–H groups in total. The second kappa shape index (κ2) is 8.22. The predicted molar refractivity (Wildman–Crippen MR) is 114 cm³/mol. The highest BCUT2D eigenvalue weighted by molar-refractivity contribution is 6.03. The van der Waals surface area contributed by atoms with Crippen LogP contribution in [0.2, 0.25) is 0 Å². The fraction of sp³-hybridized carbons (Fsp3) is 0.409. The molecule has 1 saturated carbocycles. The Morgan fingerprint density at radius 1 is 1.23 bits per heavy atom. The lowest BCUT2D eigenvalue weighted by atomic mass is 10.1. The van der Waals surface area contributed by atoms with Gasteiger partial charge in [-0.1, -0.05) is 6.58 Å². The van der Waals surface area contributed by atoms with E-state index in [0.29, 0.717) is 24.7 Å². The van der Waals surface area contributed by atoms with E-state index in [0.717, 1.165) is 30.8 Å². The van der Waals surface area contributed by atoms with Crippen LogP contribution in [0.3, 0.4) is 0 Å². The number of carbonyl (C=O) groups excluding carboxylic acids is 2. The minimum absolute atomic E-state index is 0.123. The molecule has 2 fully saturated rings. The van der Waals surface area contributed by atoms with Crippen LogP contribution >= 0.6 is 0 Å². The van der Waals surface area contributed by atoms with E-state index in [-0.39, 0.29) is 23.3 Å². The fourth-order valence-corrected chi connectivity index (χ4v) is 3.86. The lowest BCUT2D eigenvalue weighted by Gasteiger charge is -2.32. The number of hydrogen-bond acceptors (Lipinski definition) is 5. The largest absolute Gasteiger partial charge is 0.493 e. The minimum atomic E-state index is -0.627. The zero-order valence-electron chi connectivity index (χ0n) is 16.9. The van der Waals surface area contributed by atoms with Crippen LogP contribution in [0.25, 0.3) is 11.3 Å². The number of carbonyl (C=O) groups is 2. The van der Waals surface area contributed by atoms with E-state index in [1.807, 2.05) is 24.3 Å². The first-order valence-electron chi connectivity index (χ1n) is 10.3. The molecule has 1 aromatic heterocycles. The van der Waals surface area contributed by atoms with Crippen molar-refractivity contribution in [2.24, 2.45) is 11.7 Å². The summed E-state index contributed by atoms with van der Waals surface area (Å²) in [5.74, 6) is 0.930. The molecule has 2 aliphatic rings. The minimum Gasteiger partial charge on any atom is -0.493 e. The molecule has 30 heavy (non-hydrogen) atoms. The maximum absolute atomic E-state index is 12.2. The second-order valence-corrected chi connectivity index (χ2v) is 7.98. The molecule has 1 aromatic carbocycles. The van der Waals surface area contributed by atoms with Gasteiger partial charge in [0, 0.05) is 18.7 Å². The molecule has 0 bridgehead atoms. The maximum Gasteiger partial charge on any atom is 0.254 e. The van der Waals surface area contributed by atoms with Crippen molar-refractivity contribution in [3.63, 3.8) is 0 Å². The third kappa shape index (κ3) is 4.03. The van der Waals surface area contributed by atoms with Crippen molar-refractivity contribution < 1.29 is 14.3 Å². The number of nitrogens with two attached hydrogens (primary N) is 2. The summed E-state index contributed by atoms with van der Waals surface area (Å²) in [7, 11) is 0. The number of rotatable bonds is 7. The van der Waals surface area contributed by atoms with Crippen molar-refractivity contribution in [2.45, 2.75) is 31.7 Å². The number of anilines is 1. The van der Waals surface area contributed by atoms with Crippen LogP contribution in [-0.4, -0.2) is 46.2 Å². The zero-order valence-corrected chi connectivity index (χ0v) is 16.9. The van der Waals surface area contributed by atoms with Crippen molar-refractivity contribution in [2.75, 3.05) is 25.4 Å². The van der Waals surface area contributed by atoms with Crippen molar-refractivity contribution >= 4 is 17.6 Å². The normalized spacial score (nSPS) is 18.8. The Hall–Kier alpha value is -3.29. The third-order valence-corrected chi connectivity index (χ3v) is 5.73. The molecule has 0 radical (unpaired) electrons. The molecule has 8 nitrogen and oxygen atoms in total. The molecular formula is C22H27N5O3. The van der Waals surface area contributed by atoms with Gasteiger partial charge in [-0.3, -0.25) is 9.59 Å². The third-order valence-electron chi connectivity index (χ3n) is 5.73. The quantitative estimate of drug-likeness (QED) is 0.681. The molecule has 1 atom stereocenters. The van der Waals surface area contributed by atoms with Crippen LogP contribution in [0.15, 0.2) is 36.9 Å². The molecule has 2 aromatic rings. The van der Waals surface area contributed by atoms with E-state index >= 15 is 0 Å². The highest BCUT2D eigenvalue weighted by Crippen LogP contribution is 2.33. The van der Waals surface area contributed by atoms with E-state index in [4.69, 9.17) is 16.2 Å². The Labute approximate surface area is 175 Å². The summed E-state index contributed by atoms with van der Waals surface area (Å²) >= 11 is 0. The number of primary amides is 1. The summed E-state index contributed by atoms with van der Waals surface area (Å²) in [5, 5.41) is 4.64. The molecule has 8 heteroatoms. The van der Waals surface area contributed by atoms with E-state index < -0.39 is 5.91 Å². The van der Waals surface area contributed by atoms with E-state index in [1.54, 1.807) is 9.58 Å². The van der Waals surface area contributed by atoms with Gasteiger partial charge in [-0.05, 0) is 61.9 Å². The van der Waals surface area contributed by atoms with Crippen molar-refractivity contribution in [3.8, 4) is 17.0 Å². The van der Waals surface area contributed by atoms with Crippen LogP contribution in [0.1, 0.15) is 42.1 Å². The van der Waals surface area contributed by atoms with Gasteiger partial charge in [0.1, 0.15) is 22.8 Å². The Bertz CT molecular complexity index is 962. The first kappa shape index (κ1) is 20.0. The molecule has 2 heterocycles. The van der Waals surface area contributed by atoms with Gasteiger partial charge in [-0.2, -0.15) is 5.10 Å². The van der Waals surface area contributed by atoms with Gasteiger partial charge in [-0.25, -0.2) is 4.68 Å². The molecular weight excluding hydrogens is 382 g/mol. The SMILES string of the molecule is C=CC(=O)N1CCC[C@@H](n2nc(-c3ccc(OCC4CC4)cc3)c(C(N)=O)c2N)C1. The van der Waals surface area contributed by atoms with Crippen molar-refractivity contribution in [1.29, 1.82) is 0 Å². The van der Waals surface area contributed by atoms with Gasteiger partial charge in [0.05, 0.1) is 12.6 Å². The van der Waals surface area contributed by atoms with E-state index in [1.165, 1.54) is 18.9 Å². The van der Waals surface area contributed by atoms with Gasteiger partial charge >= 0.3 is 0 Å². The number of ether oxygens (including phenoxy) is 1. The number of nitrogens with zero attached hydrogens (tertiary/aromatic N) is 3. The number of hydrogen-bond donors (Lipinski definition) is 2. The van der Waals surface area contributed by atoms with Crippen molar-refractivity contribution in [3.05, 3.63) is 42.5 Å². The molecule has 4 rings (SSSR count). The lowest BCUT2D eigenvalue weighted by molar-refractivity contribution is -0.127. The number of likely N-dealkylation sites (tertiary alicyclic amines) is 1. The van der Waals surface area contributed by atoms with E-state index in [9.17, 15) is 9.59 Å². The molecule has 0 unspecified atom stereocenters. The number of nitrogen functional groups attached to an aromatic ring is 1. The summed E-state index contributed by atoms with van der Waals surface area (Å²) in [4.78, 5) is 25.9. The number of amides is 2. The van der Waals surface area contributed by atoms with Crippen molar-refractivity contribution in [1.82, 2.24) is 14.7 Å². The Kier molecular flexibility index (Phi) is 5.48. The summed E-state index contributed by atoms with van der Waals surface area (Å²) in [6.45, 7) is 5.41. The zero-order chi connectivity index (χ0) is 21.3. The lowest BCUT2D eigenvalue weighted by Crippen LogP contribution is -2.40. The number of aromatic nitrogens is 2. The van der Waals surface area contributed by atoms with E-state index in [2.05, 4.69) is 11.7 Å². The topological polar surface area (TPSA) is 116 Å². The molecule has 1 aliphatic carbocycles. The molecule has 1 aliphatic heterocycles. The van der Waals surface area contributed by atoms with Crippen LogP contribution in [-0.2, 0) is 4.79 Å². The summed E-state index contributed by atoms with van der Waals surface area (Å²) < 4.78 is 7.41. The first-order valence-corrected chi connectivity index (χ1v) is 10.3. The van der Waals surface area contributed by atoms with Gasteiger partial charge in [0.15, 0.2) is 0 Å².